The summed E-state index contributed by atoms with van der Waals surface area (Å²) in [6, 6.07) is 7.57. The molecule has 0 N–H and O–H groups in total. The van der Waals surface area contributed by atoms with Crippen molar-refractivity contribution in [3.05, 3.63) is 35.4 Å². The maximum Gasteiger partial charge on any atom is 1.00 e. The van der Waals surface area contributed by atoms with Crippen molar-refractivity contribution in [1.82, 2.24) is 0 Å². The van der Waals surface area contributed by atoms with Gasteiger partial charge in [-0.3, -0.25) is 4.18 Å². The fourth-order valence-electron chi connectivity index (χ4n) is 2.64. The second-order valence-electron chi connectivity index (χ2n) is 7.37. The quantitative estimate of drug-likeness (QED) is 0.337. The van der Waals surface area contributed by atoms with E-state index in [4.69, 9.17) is 0 Å². The van der Waals surface area contributed by atoms with Crippen LogP contribution in [0.4, 0.5) is 0 Å². The molecule has 0 aromatic heterocycles. The summed E-state index contributed by atoms with van der Waals surface area (Å²) in [5.74, 6) is 0. The molecule has 0 saturated heterocycles. The minimum absolute atomic E-state index is 0. The van der Waals surface area contributed by atoms with Crippen molar-refractivity contribution >= 4 is 26.7 Å². The van der Waals surface area contributed by atoms with Crippen LogP contribution in [-0.2, 0) is 27.4 Å². The minimum Gasteiger partial charge on any atom is -0.726 e. The maximum absolute atomic E-state index is 10.7. The van der Waals surface area contributed by atoms with Gasteiger partial charge in [0, 0.05) is 8.41 Å². The predicted molar refractivity (Wildman–Crippen MR) is 96.8 cm³/mol. The molecule has 0 fully saturated rings. The van der Waals surface area contributed by atoms with Crippen LogP contribution in [-0.4, -0.2) is 31.7 Å². The average molecular weight is 363 g/mol. The summed E-state index contributed by atoms with van der Waals surface area (Å²) in [5.41, 5.74) is 1.82. The molecule has 0 saturated carbocycles. The molecule has 1 aromatic carbocycles. The van der Waals surface area contributed by atoms with E-state index in [0.717, 1.165) is 17.3 Å². The molecule has 0 bridgehead atoms. The largest absolute Gasteiger partial charge is 1.00 e. The smallest absolute Gasteiger partial charge is 0.726 e. The first-order valence-electron chi connectivity index (χ1n) is 7.25. The van der Waals surface area contributed by atoms with Gasteiger partial charge >= 0.3 is 18.9 Å². The molecule has 4 nitrogen and oxygen atoms in total. The Morgan fingerprint density at radius 2 is 1.42 bits per heavy atom. The number of hydrogen-bond donors (Lipinski definition) is 0. The van der Waals surface area contributed by atoms with Gasteiger partial charge in [0.05, 0.1) is 6.61 Å². The van der Waals surface area contributed by atoms with E-state index in [0.29, 0.717) is 0 Å². The molecule has 0 unspecified atom stereocenters. The van der Waals surface area contributed by atoms with E-state index in [-0.39, 0.29) is 52.1 Å². The molecule has 129 valence electrons. The number of rotatable bonds is 5. The van der Waals surface area contributed by atoms with Gasteiger partial charge in [-0.25, -0.2) is 8.42 Å². The second-order valence-corrected chi connectivity index (χ2v) is 12.3. The zero-order chi connectivity index (χ0) is 17.2. The van der Waals surface area contributed by atoms with E-state index in [1.165, 1.54) is 0 Å². The van der Waals surface area contributed by atoms with E-state index in [2.05, 4.69) is 45.7 Å². The van der Waals surface area contributed by atoms with Gasteiger partial charge in [0.1, 0.15) is 0 Å². The maximum atomic E-state index is 10.7. The molecule has 0 amide bonds. The third-order valence-electron chi connectivity index (χ3n) is 3.43. The number of hydrogen-bond acceptors (Lipinski definition) is 4. The van der Waals surface area contributed by atoms with Gasteiger partial charge in [0.25, 0.3) is 0 Å². The molecular formula is C16H26BLiO4PS. The standard InChI is InChI=1S/C16H27O4PS.B.Li/c1-15(2,3)21(16(4,5)6)12-14-10-8-7-9-13(14)11-20-22(17,18)19;;/h7-10H,11-12H2,1-6H3,(H,17,18,19);;/q;;+1/p-1. The zero-order valence-electron chi connectivity index (χ0n) is 15.8. The van der Waals surface area contributed by atoms with Crippen molar-refractivity contribution in [2.24, 2.45) is 0 Å². The first-order valence-corrected chi connectivity index (χ1v) is 10.1. The first-order chi connectivity index (χ1) is 9.81. The molecule has 0 aliphatic heterocycles. The van der Waals surface area contributed by atoms with Gasteiger partial charge < -0.3 is 4.55 Å². The Bertz CT molecular complexity index is 595. The molecular weight excluding hydrogens is 337 g/mol. The van der Waals surface area contributed by atoms with Gasteiger partial charge in [0.15, 0.2) is 0 Å². The summed E-state index contributed by atoms with van der Waals surface area (Å²) in [6.45, 7) is 13.3. The Balaban J connectivity index is 0. The molecule has 24 heavy (non-hydrogen) atoms. The van der Waals surface area contributed by atoms with Crippen LogP contribution in [0.3, 0.4) is 0 Å². The van der Waals surface area contributed by atoms with Crippen LogP contribution in [0.1, 0.15) is 52.7 Å². The fourth-order valence-corrected chi connectivity index (χ4v) is 6.52. The first kappa shape index (κ1) is 26.4. The van der Waals surface area contributed by atoms with Gasteiger partial charge in [0.2, 0.25) is 10.4 Å². The normalized spacial score (nSPS) is 12.5. The van der Waals surface area contributed by atoms with Crippen LogP contribution in [0.15, 0.2) is 24.3 Å². The summed E-state index contributed by atoms with van der Waals surface area (Å²) < 4.78 is 36.5. The molecule has 0 spiro atoms. The van der Waals surface area contributed by atoms with E-state index in [9.17, 15) is 13.0 Å². The zero-order valence-corrected chi connectivity index (χ0v) is 17.5. The van der Waals surface area contributed by atoms with Crippen molar-refractivity contribution in [2.75, 3.05) is 0 Å². The molecule has 3 radical (unpaired) electrons. The van der Waals surface area contributed by atoms with Crippen molar-refractivity contribution in [1.29, 1.82) is 0 Å². The topological polar surface area (TPSA) is 66.4 Å². The SMILES string of the molecule is CC(C)(C)P(Cc1ccccc1COS(=O)(=O)[O-])C(C)(C)C.[B].[Li+]. The van der Waals surface area contributed by atoms with Crippen molar-refractivity contribution in [2.45, 2.75) is 64.6 Å². The Kier molecular flexibility index (Phi) is 10.7. The Morgan fingerprint density at radius 3 is 1.79 bits per heavy atom. The Morgan fingerprint density at radius 1 is 1.00 bits per heavy atom. The van der Waals surface area contributed by atoms with Gasteiger partial charge in [-0.1, -0.05) is 73.7 Å². The van der Waals surface area contributed by atoms with Crippen LogP contribution >= 0.6 is 7.92 Å². The molecule has 0 aliphatic carbocycles. The van der Waals surface area contributed by atoms with Crippen LogP contribution in [0.2, 0.25) is 0 Å². The Hall–Kier alpha value is 0.182. The Labute approximate surface area is 162 Å². The molecule has 0 heterocycles. The van der Waals surface area contributed by atoms with Gasteiger partial charge in [-0.2, -0.15) is 0 Å². The van der Waals surface area contributed by atoms with Crippen LogP contribution in [0, 0.1) is 0 Å². The average Bonchev–Trinajstić information content (AvgIpc) is 2.30. The van der Waals surface area contributed by atoms with Crippen molar-refractivity contribution < 1.29 is 36.0 Å². The van der Waals surface area contributed by atoms with Gasteiger partial charge in [-0.05, 0) is 27.6 Å². The van der Waals surface area contributed by atoms with Crippen LogP contribution in [0.5, 0.6) is 0 Å². The minimum atomic E-state index is -4.67. The second kappa shape index (κ2) is 9.76. The molecule has 0 atom stereocenters. The van der Waals surface area contributed by atoms with E-state index in [1.807, 2.05) is 24.3 Å². The summed E-state index contributed by atoms with van der Waals surface area (Å²) in [4.78, 5) is 0. The summed E-state index contributed by atoms with van der Waals surface area (Å²) in [7, 11) is -5.03. The fraction of sp³-hybridized carbons (Fsp3) is 0.625. The van der Waals surface area contributed by atoms with E-state index < -0.39 is 10.4 Å². The molecule has 1 rings (SSSR count). The van der Waals surface area contributed by atoms with Crippen molar-refractivity contribution in [3.63, 3.8) is 0 Å². The number of benzene rings is 1. The van der Waals surface area contributed by atoms with E-state index >= 15 is 0 Å². The molecule has 1 aromatic rings. The third kappa shape index (κ3) is 9.04. The monoisotopic (exact) mass is 363 g/mol. The predicted octanol–water partition coefficient (Wildman–Crippen LogP) is 0.865. The van der Waals surface area contributed by atoms with Crippen LogP contribution in [0.25, 0.3) is 0 Å². The summed E-state index contributed by atoms with van der Waals surface area (Å²) in [5, 5.41) is 0.346. The third-order valence-corrected chi connectivity index (χ3v) is 7.73. The molecule has 0 aliphatic rings. The van der Waals surface area contributed by atoms with Crippen molar-refractivity contribution in [3.8, 4) is 0 Å². The van der Waals surface area contributed by atoms with Gasteiger partial charge in [-0.15, -0.1) is 0 Å². The summed E-state index contributed by atoms with van der Waals surface area (Å²) >= 11 is 0. The summed E-state index contributed by atoms with van der Waals surface area (Å²) in [6.07, 6.45) is 0.876. The molecule has 8 heteroatoms. The van der Waals surface area contributed by atoms with E-state index in [1.54, 1.807) is 0 Å². The van der Waals surface area contributed by atoms with Crippen LogP contribution < -0.4 is 18.9 Å².